The van der Waals surface area contributed by atoms with Gasteiger partial charge in [-0.2, -0.15) is 0 Å². The SMILES string of the molecule is CCc1ccc(Cc2ccc(Cl)cc2CNC)nc1. The minimum absolute atomic E-state index is 0.781. The molecule has 0 saturated carbocycles. The van der Waals surface area contributed by atoms with Crippen LogP contribution in [0.3, 0.4) is 0 Å². The van der Waals surface area contributed by atoms with Gasteiger partial charge >= 0.3 is 0 Å². The molecule has 0 radical (unpaired) electrons. The van der Waals surface area contributed by atoms with Gasteiger partial charge in [-0.15, -0.1) is 0 Å². The van der Waals surface area contributed by atoms with Gasteiger partial charge < -0.3 is 5.32 Å². The molecular formula is C16H19ClN2. The molecule has 19 heavy (non-hydrogen) atoms. The van der Waals surface area contributed by atoms with E-state index in [1.165, 1.54) is 16.7 Å². The maximum absolute atomic E-state index is 6.05. The molecule has 0 saturated heterocycles. The van der Waals surface area contributed by atoms with Crippen LogP contribution in [0.5, 0.6) is 0 Å². The molecule has 0 aliphatic rings. The van der Waals surface area contributed by atoms with Crippen LogP contribution in [-0.4, -0.2) is 12.0 Å². The second-order valence-electron chi connectivity index (χ2n) is 4.63. The molecule has 0 fully saturated rings. The molecule has 0 bridgehead atoms. The molecule has 0 amide bonds. The van der Waals surface area contributed by atoms with E-state index in [-0.39, 0.29) is 0 Å². The summed E-state index contributed by atoms with van der Waals surface area (Å²) in [5, 5.41) is 3.96. The van der Waals surface area contributed by atoms with Gasteiger partial charge in [0.25, 0.3) is 0 Å². The van der Waals surface area contributed by atoms with Gasteiger partial charge in [-0.05, 0) is 48.4 Å². The second-order valence-corrected chi connectivity index (χ2v) is 5.07. The van der Waals surface area contributed by atoms with Crippen molar-refractivity contribution in [2.75, 3.05) is 7.05 Å². The van der Waals surface area contributed by atoms with Crippen molar-refractivity contribution in [2.45, 2.75) is 26.3 Å². The molecule has 0 aliphatic heterocycles. The third-order valence-electron chi connectivity index (χ3n) is 3.20. The van der Waals surface area contributed by atoms with Gasteiger partial charge in [0.2, 0.25) is 0 Å². The zero-order valence-corrected chi connectivity index (χ0v) is 12.2. The predicted molar refractivity (Wildman–Crippen MR) is 80.6 cm³/mol. The van der Waals surface area contributed by atoms with Crippen LogP contribution in [0.25, 0.3) is 0 Å². The largest absolute Gasteiger partial charge is 0.316 e. The summed E-state index contributed by atoms with van der Waals surface area (Å²) in [6.45, 7) is 2.96. The Morgan fingerprint density at radius 3 is 2.63 bits per heavy atom. The zero-order chi connectivity index (χ0) is 13.7. The van der Waals surface area contributed by atoms with Gasteiger partial charge in [-0.25, -0.2) is 0 Å². The van der Waals surface area contributed by atoms with Crippen LogP contribution in [0, 0.1) is 0 Å². The highest BCUT2D eigenvalue weighted by atomic mass is 35.5. The van der Waals surface area contributed by atoms with Gasteiger partial charge in [-0.3, -0.25) is 4.98 Å². The Morgan fingerprint density at radius 2 is 2.00 bits per heavy atom. The lowest BCUT2D eigenvalue weighted by Gasteiger charge is -2.10. The second kappa shape index (κ2) is 6.69. The van der Waals surface area contributed by atoms with E-state index in [0.717, 1.165) is 30.1 Å². The molecule has 1 heterocycles. The summed E-state index contributed by atoms with van der Waals surface area (Å²) in [6, 6.07) is 10.3. The molecule has 0 aliphatic carbocycles. The van der Waals surface area contributed by atoms with E-state index >= 15 is 0 Å². The number of nitrogens with zero attached hydrogens (tertiary/aromatic N) is 1. The van der Waals surface area contributed by atoms with E-state index in [1.807, 2.05) is 25.4 Å². The van der Waals surface area contributed by atoms with Crippen molar-refractivity contribution in [1.82, 2.24) is 10.3 Å². The van der Waals surface area contributed by atoms with Gasteiger partial charge in [0.1, 0.15) is 0 Å². The molecule has 2 aromatic rings. The highest BCUT2D eigenvalue weighted by molar-refractivity contribution is 6.30. The average molecular weight is 275 g/mol. The summed E-state index contributed by atoms with van der Waals surface area (Å²) in [6.07, 6.45) is 3.83. The Morgan fingerprint density at radius 1 is 1.16 bits per heavy atom. The van der Waals surface area contributed by atoms with Gasteiger partial charge in [0.15, 0.2) is 0 Å². The Hall–Kier alpha value is -1.38. The number of benzene rings is 1. The topological polar surface area (TPSA) is 24.9 Å². The lowest BCUT2D eigenvalue weighted by atomic mass is 10.0. The maximum Gasteiger partial charge on any atom is 0.0447 e. The molecule has 100 valence electrons. The third kappa shape index (κ3) is 3.79. The molecule has 0 spiro atoms. The van der Waals surface area contributed by atoms with Gasteiger partial charge in [-0.1, -0.05) is 30.7 Å². The summed E-state index contributed by atoms with van der Waals surface area (Å²) in [7, 11) is 1.94. The van der Waals surface area contributed by atoms with Crippen LogP contribution in [0.4, 0.5) is 0 Å². The molecule has 2 rings (SSSR count). The lowest BCUT2D eigenvalue weighted by Crippen LogP contribution is -2.08. The molecule has 0 unspecified atom stereocenters. The summed E-state index contributed by atoms with van der Waals surface area (Å²) >= 11 is 6.05. The molecule has 2 nitrogen and oxygen atoms in total. The van der Waals surface area contributed by atoms with Gasteiger partial charge in [0, 0.05) is 29.9 Å². The number of hydrogen-bond donors (Lipinski definition) is 1. The normalized spacial score (nSPS) is 10.7. The number of halogens is 1. The lowest BCUT2D eigenvalue weighted by molar-refractivity contribution is 0.806. The molecular weight excluding hydrogens is 256 g/mol. The van der Waals surface area contributed by atoms with E-state index < -0.39 is 0 Å². The summed E-state index contributed by atoms with van der Waals surface area (Å²) < 4.78 is 0. The Labute approximate surface area is 119 Å². The van der Waals surface area contributed by atoms with Crippen LogP contribution in [-0.2, 0) is 19.4 Å². The molecule has 3 heteroatoms. The van der Waals surface area contributed by atoms with Crippen molar-refractivity contribution < 1.29 is 0 Å². The van der Waals surface area contributed by atoms with Crippen molar-refractivity contribution in [3.05, 3.63) is 63.9 Å². The molecule has 1 aromatic heterocycles. The van der Waals surface area contributed by atoms with Crippen molar-refractivity contribution >= 4 is 11.6 Å². The molecule has 0 atom stereocenters. The first-order valence-corrected chi connectivity index (χ1v) is 6.96. The van der Waals surface area contributed by atoms with Gasteiger partial charge in [0.05, 0.1) is 0 Å². The van der Waals surface area contributed by atoms with Crippen molar-refractivity contribution in [3.63, 3.8) is 0 Å². The smallest absolute Gasteiger partial charge is 0.0447 e. The number of aryl methyl sites for hydroxylation is 1. The van der Waals surface area contributed by atoms with Crippen LogP contribution < -0.4 is 5.32 Å². The first-order chi connectivity index (χ1) is 9.22. The van der Waals surface area contributed by atoms with Crippen molar-refractivity contribution in [3.8, 4) is 0 Å². The minimum atomic E-state index is 0.781. The van der Waals surface area contributed by atoms with Crippen molar-refractivity contribution in [2.24, 2.45) is 0 Å². The fraction of sp³-hybridized carbons (Fsp3) is 0.312. The standard InChI is InChI=1S/C16H19ClN2/c1-3-12-4-7-16(19-10-12)9-13-5-6-15(17)8-14(13)11-18-2/h4-8,10,18H,3,9,11H2,1-2H3. The van der Waals surface area contributed by atoms with E-state index in [0.29, 0.717) is 0 Å². The Bertz CT molecular complexity index is 535. The van der Waals surface area contributed by atoms with Crippen LogP contribution in [0.2, 0.25) is 5.02 Å². The molecule has 1 aromatic carbocycles. The third-order valence-corrected chi connectivity index (χ3v) is 3.44. The molecule has 1 N–H and O–H groups in total. The van der Waals surface area contributed by atoms with Crippen LogP contribution >= 0.6 is 11.6 Å². The maximum atomic E-state index is 6.05. The van der Waals surface area contributed by atoms with E-state index in [9.17, 15) is 0 Å². The Balaban J connectivity index is 2.21. The first-order valence-electron chi connectivity index (χ1n) is 6.58. The summed E-state index contributed by atoms with van der Waals surface area (Å²) in [5.41, 5.74) is 4.87. The number of rotatable bonds is 5. The van der Waals surface area contributed by atoms with E-state index in [1.54, 1.807) is 0 Å². The van der Waals surface area contributed by atoms with E-state index in [4.69, 9.17) is 11.6 Å². The Kier molecular flexibility index (Phi) is 4.94. The number of hydrogen-bond acceptors (Lipinski definition) is 2. The van der Waals surface area contributed by atoms with Crippen LogP contribution in [0.1, 0.15) is 29.3 Å². The number of nitrogens with one attached hydrogen (secondary N) is 1. The predicted octanol–water partition coefficient (Wildman–Crippen LogP) is 3.61. The summed E-state index contributed by atoms with van der Waals surface area (Å²) in [5.74, 6) is 0. The summed E-state index contributed by atoms with van der Waals surface area (Å²) in [4.78, 5) is 4.52. The van der Waals surface area contributed by atoms with E-state index in [2.05, 4.69) is 35.4 Å². The monoisotopic (exact) mass is 274 g/mol. The average Bonchev–Trinajstić information content (AvgIpc) is 2.43. The first kappa shape index (κ1) is 14.0. The highest BCUT2D eigenvalue weighted by Crippen LogP contribution is 2.19. The fourth-order valence-corrected chi connectivity index (χ4v) is 2.28. The number of aromatic nitrogens is 1. The fourth-order valence-electron chi connectivity index (χ4n) is 2.09. The van der Waals surface area contributed by atoms with Crippen LogP contribution in [0.15, 0.2) is 36.5 Å². The van der Waals surface area contributed by atoms with Crippen molar-refractivity contribution in [1.29, 1.82) is 0 Å². The highest BCUT2D eigenvalue weighted by Gasteiger charge is 2.05. The number of pyridine rings is 1. The minimum Gasteiger partial charge on any atom is -0.316 e. The quantitative estimate of drug-likeness (QED) is 0.901. The zero-order valence-electron chi connectivity index (χ0n) is 11.4.